The molecule has 3 nitrogen and oxygen atoms in total. The fraction of sp³-hybridized carbons (Fsp3) is 0. The molecule has 25 heavy (non-hydrogen) atoms. The predicted molar refractivity (Wildman–Crippen MR) is 105 cm³/mol. The number of thiazole rings is 1. The van der Waals surface area contributed by atoms with Crippen LogP contribution in [0.3, 0.4) is 0 Å². The first-order valence-electron chi connectivity index (χ1n) is 7.68. The second kappa shape index (κ2) is 6.89. The van der Waals surface area contributed by atoms with Crippen molar-refractivity contribution < 1.29 is 0 Å². The zero-order valence-corrected chi connectivity index (χ0v) is 14.8. The number of nitriles is 1. The first kappa shape index (κ1) is 15.6. The normalized spacial score (nSPS) is 11.4. The molecule has 120 valence electrons. The van der Waals surface area contributed by atoms with Gasteiger partial charge in [0.05, 0.1) is 11.3 Å². The number of rotatable bonds is 4. The molecular weight excluding hydrogens is 346 g/mol. The molecule has 1 aromatic carbocycles. The largest absolute Gasteiger partial charge is 0.355 e. The summed E-state index contributed by atoms with van der Waals surface area (Å²) in [5.41, 5.74) is 5.61. The van der Waals surface area contributed by atoms with Gasteiger partial charge >= 0.3 is 0 Å². The maximum absolute atomic E-state index is 9.54. The van der Waals surface area contributed by atoms with E-state index in [1.54, 1.807) is 11.3 Å². The molecule has 0 saturated heterocycles. The van der Waals surface area contributed by atoms with E-state index in [-0.39, 0.29) is 0 Å². The maximum atomic E-state index is 9.54. The molecule has 5 heteroatoms. The van der Waals surface area contributed by atoms with Gasteiger partial charge < -0.3 is 4.98 Å². The number of nitrogens with one attached hydrogen (secondary N) is 1. The van der Waals surface area contributed by atoms with Crippen LogP contribution < -0.4 is 0 Å². The van der Waals surface area contributed by atoms with E-state index in [4.69, 9.17) is 0 Å². The molecule has 4 rings (SSSR count). The number of nitrogens with zero attached hydrogens (tertiary/aromatic N) is 2. The third kappa shape index (κ3) is 3.31. The van der Waals surface area contributed by atoms with Gasteiger partial charge in [0.1, 0.15) is 11.1 Å². The molecule has 0 bridgehead atoms. The Hall–Kier alpha value is -2.94. The Labute approximate surface area is 153 Å². The smallest absolute Gasteiger partial charge is 0.134 e. The molecule has 0 aliphatic heterocycles. The van der Waals surface area contributed by atoms with Gasteiger partial charge in [-0.25, -0.2) is 4.98 Å². The van der Waals surface area contributed by atoms with Crippen molar-refractivity contribution >= 4 is 34.3 Å². The standard InChI is InChI=1S/C20H13N3S2/c21-11-16(20-23-19(13-25-20)15-8-9-24-12-15)10-17-6-7-18(22-17)14-4-2-1-3-5-14/h1-10,12-13,22H/b16-10+. The minimum Gasteiger partial charge on any atom is -0.355 e. The Morgan fingerprint density at radius 2 is 1.92 bits per heavy atom. The van der Waals surface area contributed by atoms with Gasteiger partial charge in [-0.05, 0) is 35.2 Å². The molecule has 0 aliphatic rings. The summed E-state index contributed by atoms with van der Waals surface area (Å²) in [5.74, 6) is 0. The Morgan fingerprint density at radius 3 is 2.68 bits per heavy atom. The monoisotopic (exact) mass is 359 g/mol. The summed E-state index contributed by atoms with van der Waals surface area (Å²) in [7, 11) is 0. The van der Waals surface area contributed by atoms with Crippen LogP contribution in [0.25, 0.3) is 34.2 Å². The van der Waals surface area contributed by atoms with Crippen LogP contribution in [0.1, 0.15) is 10.7 Å². The van der Waals surface area contributed by atoms with Crippen molar-refractivity contribution in [3.63, 3.8) is 0 Å². The van der Waals surface area contributed by atoms with Gasteiger partial charge in [0, 0.05) is 27.7 Å². The van der Waals surface area contributed by atoms with E-state index in [2.05, 4.69) is 33.5 Å². The van der Waals surface area contributed by atoms with Gasteiger partial charge in [-0.2, -0.15) is 16.6 Å². The van der Waals surface area contributed by atoms with Crippen molar-refractivity contribution in [1.29, 1.82) is 5.26 Å². The van der Waals surface area contributed by atoms with Gasteiger partial charge in [-0.3, -0.25) is 0 Å². The zero-order valence-electron chi connectivity index (χ0n) is 13.1. The third-order valence-corrected chi connectivity index (χ3v) is 5.32. The lowest BCUT2D eigenvalue weighted by Gasteiger charge is -1.97. The Kier molecular flexibility index (Phi) is 4.30. The number of aromatic amines is 1. The summed E-state index contributed by atoms with van der Waals surface area (Å²) >= 11 is 3.13. The van der Waals surface area contributed by atoms with Crippen LogP contribution in [-0.2, 0) is 0 Å². The lowest BCUT2D eigenvalue weighted by Crippen LogP contribution is -1.82. The van der Waals surface area contributed by atoms with Crippen molar-refractivity contribution in [2.24, 2.45) is 0 Å². The van der Waals surface area contributed by atoms with Crippen LogP contribution in [0.2, 0.25) is 0 Å². The van der Waals surface area contributed by atoms with Crippen molar-refractivity contribution in [3.05, 3.63) is 75.4 Å². The number of benzene rings is 1. The summed E-state index contributed by atoms with van der Waals surface area (Å²) in [6, 6.07) is 18.4. The fourth-order valence-electron chi connectivity index (χ4n) is 2.52. The molecular formula is C20H13N3S2. The van der Waals surface area contributed by atoms with E-state index in [1.165, 1.54) is 11.3 Å². The molecule has 3 aromatic heterocycles. The number of hydrogen-bond acceptors (Lipinski definition) is 4. The van der Waals surface area contributed by atoms with Crippen LogP contribution >= 0.6 is 22.7 Å². The van der Waals surface area contributed by atoms with E-state index in [0.29, 0.717) is 5.57 Å². The minimum atomic E-state index is 0.563. The Balaban J connectivity index is 1.64. The Bertz CT molecular complexity index is 1050. The number of aromatic nitrogens is 2. The van der Waals surface area contributed by atoms with Crippen molar-refractivity contribution in [1.82, 2.24) is 9.97 Å². The molecule has 1 N–H and O–H groups in total. The first-order valence-corrected chi connectivity index (χ1v) is 9.50. The molecule has 0 saturated carbocycles. The summed E-state index contributed by atoms with van der Waals surface area (Å²) in [5, 5.41) is 16.4. The van der Waals surface area contributed by atoms with Gasteiger partial charge in [-0.15, -0.1) is 11.3 Å². The van der Waals surface area contributed by atoms with Crippen molar-refractivity contribution in [3.8, 4) is 28.6 Å². The van der Waals surface area contributed by atoms with Crippen LogP contribution in [-0.4, -0.2) is 9.97 Å². The summed E-state index contributed by atoms with van der Waals surface area (Å²) in [6.07, 6.45) is 1.85. The van der Waals surface area contributed by atoms with Crippen LogP contribution in [0, 0.1) is 11.3 Å². The molecule has 0 aliphatic carbocycles. The maximum Gasteiger partial charge on any atom is 0.134 e. The van der Waals surface area contributed by atoms with Crippen LogP contribution in [0.4, 0.5) is 0 Å². The van der Waals surface area contributed by atoms with E-state index in [1.807, 2.05) is 53.2 Å². The third-order valence-electron chi connectivity index (χ3n) is 3.77. The summed E-state index contributed by atoms with van der Waals surface area (Å²) in [6.45, 7) is 0. The first-order chi connectivity index (χ1) is 12.3. The fourth-order valence-corrected chi connectivity index (χ4v) is 3.96. The highest BCUT2D eigenvalue weighted by Gasteiger charge is 2.10. The minimum absolute atomic E-state index is 0.563. The highest BCUT2D eigenvalue weighted by Crippen LogP contribution is 2.28. The van der Waals surface area contributed by atoms with Crippen molar-refractivity contribution in [2.75, 3.05) is 0 Å². The highest BCUT2D eigenvalue weighted by atomic mass is 32.1. The zero-order chi connectivity index (χ0) is 17.1. The van der Waals surface area contributed by atoms with Crippen molar-refractivity contribution in [2.45, 2.75) is 0 Å². The molecule has 4 aromatic rings. The molecule has 0 spiro atoms. The van der Waals surface area contributed by atoms with E-state index < -0.39 is 0 Å². The van der Waals surface area contributed by atoms with Crippen LogP contribution in [0.15, 0.2) is 64.7 Å². The van der Waals surface area contributed by atoms with Gasteiger partial charge in [-0.1, -0.05) is 30.3 Å². The topological polar surface area (TPSA) is 52.5 Å². The van der Waals surface area contributed by atoms with Crippen LogP contribution in [0.5, 0.6) is 0 Å². The predicted octanol–water partition coefficient (Wildman–Crippen LogP) is 5.93. The molecule has 0 atom stereocenters. The van der Waals surface area contributed by atoms with Gasteiger partial charge in [0.2, 0.25) is 0 Å². The molecule has 0 unspecified atom stereocenters. The van der Waals surface area contributed by atoms with E-state index >= 15 is 0 Å². The summed E-state index contributed by atoms with van der Waals surface area (Å²) < 4.78 is 0. The number of allylic oxidation sites excluding steroid dienone is 1. The number of H-pyrrole nitrogens is 1. The quantitative estimate of drug-likeness (QED) is 0.459. The summed E-state index contributed by atoms with van der Waals surface area (Å²) in [4.78, 5) is 7.95. The second-order valence-corrected chi connectivity index (χ2v) is 7.05. The molecule has 0 radical (unpaired) electrons. The Morgan fingerprint density at radius 1 is 1.04 bits per heavy atom. The average Bonchev–Trinajstić information content (AvgIpc) is 3.41. The van der Waals surface area contributed by atoms with Gasteiger partial charge in [0.25, 0.3) is 0 Å². The highest BCUT2D eigenvalue weighted by molar-refractivity contribution is 7.11. The average molecular weight is 359 g/mol. The number of hydrogen-bond donors (Lipinski definition) is 1. The van der Waals surface area contributed by atoms with Gasteiger partial charge in [0.15, 0.2) is 0 Å². The number of thiophene rings is 1. The second-order valence-electron chi connectivity index (χ2n) is 5.41. The molecule has 0 amide bonds. The SMILES string of the molecule is N#C/C(=C\c1ccc(-c2ccccc2)[nH]1)c1nc(-c2ccsc2)cs1. The lowest BCUT2D eigenvalue weighted by atomic mass is 10.2. The molecule has 3 heterocycles. The lowest BCUT2D eigenvalue weighted by molar-refractivity contribution is 1.36. The van der Waals surface area contributed by atoms with E-state index in [9.17, 15) is 5.26 Å². The van der Waals surface area contributed by atoms with E-state index in [0.717, 1.165) is 33.2 Å². The molecule has 0 fully saturated rings.